The highest BCUT2D eigenvalue weighted by atomic mass is 19.1. The van der Waals surface area contributed by atoms with Crippen LogP contribution in [0, 0.1) is 5.82 Å². The normalized spacial score (nSPS) is 13.4. The van der Waals surface area contributed by atoms with Crippen LogP contribution < -0.4 is 16.0 Å². The summed E-state index contributed by atoms with van der Waals surface area (Å²) in [6.07, 6.45) is 1.73. The summed E-state index contributed by atoms with van der Waals surface area (Å²) >= 11 is 0. The van der Waals surface area contributed by atoms with Gasteiger partial charge in [-0.3, -0.25) is 14.4 Å². The molecule has 0 spiro atoms. The first kappa shape index (κ1) is 27.0. The number of fused-ring (bicyclic) bond motifs is 1. The van der Waals surface area contributed by atoms with Crippen LogP contribution in [0.25, 0.3) is 33.4 Å². The lowest BCUT2D eigenvalue weighted by Gasteiger charge is -2.18. The second-order valence-corrected chi connectivity index (χ2v) is 10.5. The second-order valence-electron chi connectivity index (χ2n) is 10.5. The van der Waals surface area contributed by atoms with Gasteiger partial charge in [-0.2, -0.15) is 0 Å². The van der Waals surface area contributed by atoms with Gasteiger partial charge in [-0.25, -0.2) is 4.39 Å². The number of hydrogen-bond donors (Lipinski definition) is 3. The van der Waals surface area contributed by atoms with E-state index in [1.165, 1.54) is 26.1 Å². The number of nitrogens with one attached hydrogen (secondary N) is 3. The smallest absolute Gasteiger partial charge is 0.255 e. The molecule has 1 aliphatic carbocycles. The molecule has 3 amide bonds. The van der Waals surface area contributed by atoms with E-state index in [0.717, 1.165) is 18.4 Å². The van der Waals surface area contributed by atoms with Gasteiger partial charge in [-0.1, -0.05) is 42.5 Å². The molecule has 3 N–H and O–H groups in total. The Morgan fingerprint density at radius 2 is 1.57 bits per heavy atom. The van der Waals surface area contributed by atoms with Crippen molar-refractivity contribution < 1.29 is 23.2 Å². The molecule has 4 aromatic carbocycles. The molecule has 5 aromatic rings. The molecular weight excluding hydrogens is 533 g/mol. The fourth-order valence-electron chi connectivity index (χ4n) is 5.32. The topological polar surface area (TPSA) is 100 Å². The minimum atomic E-state index is -0.410. The zero-order valence-electron chi connectivity index (χ0n) is 23.1. The lowest BCUT2D eigenvalue weighted by molar-refractivity contribution is -0.114. The quantitative estimate of drug-likeness (QED) is 0.207. The molecule has 0 saturated heterocycles. The van der Waals surface area contributed by atoms with Gasteiger partial charge in [0.05, 0.1) is 16.8 Å². The number of rotatable bonds is 7. The third-order valence-corrected chi connectivity index (χ3v) is 7.56. The van der Waals surface area contributed by atoms with Gasteiger partial charge in [0.2, 0.25) is 5.91 Å². The summed E-state index contributed by atoms with van der Waals surface area (Å²) in [7, 11) is 1.52. The van der Waals surface area contributed by atoms with E-state index in [2.05, 4.69) is 16.0 Å². The van der Waals surface area contributed by atoms with Crippen molar-refractivity contribution in [2.75, 3.05) is 12.4 Å². The van der Waals surface area contributed by atoms with Crippen LogP contribution in [0.5, 0.6) is 0 Å². The summed E-state index contributed by atoms with van der Waals surface area (Å²) < 4.78 is 19.8. The zero-order chi connectivity index (χ0) is 29.4. The minimum Gasteiger partial charge on any atom is -0.455 e. The predicted molar refractivity (Wildman–Crippen MR) is 160 cm³/mol. The first-order valence-electron chi connectivity index (χ1n) is 13.6. The molecule has 0 atom stereocenters. The lowest BCUT2D eigenvalue weighted by atomic mass is 9.97. The Morgan fingerprint density at radius 3 is 2.24 bits per heavy atom. The summed E-state index contributed by atoms with van der Waals surface area (Å²) in [4.78, 5) is 38.7. The van der Waals surface area contributed by atoms with Gasteiger partial charge in [0.1, 0.15) is 17.2 Å². The number of carbonyl (C=O) groups excluding carboxylic acids is 3. The molecule has 42 heavy (non-hydrogen) atoms. The van der Waals surface area contributed by atoms with E-state index in [4.69, 9.17) is 4.42 Å². The summed E-state index contributed by atoms with van der Waals surface area (Å²) in [6.45, 7) is 1.40. The summed E-state index contributed by atoms with van der Waals surface area (Å²) in [5, 5.41) is 9.23. The molecular formula is C34H28FN3O4. The molecule has 6 rings (SSSR count). The number of furan rings is 1. The van der Waals surface area contributed by atoms with Gasteiger partial charge in [0.25, 0.3) is 11.8 Å². The predicted octanol–water partition coefficient (Wildman–Crippen LogP) is 6.64. The van der Waals surface area contributed by atoms with Crippen molar-refractivity contribution in [1.82, 2.24) is 10.6 Å². The average Bonchev–Trinajstić information content (AvgIpc) is 3.69. The molecule has 0 radical (unpaired) electrons. The van der Waals surface area contributed by atoms with Crippen LogP contribution >= 0.6 is 0 Å². The number of benzene rings is 4. The molecule has 1 aromatic heterocycles. The lowest BCUT2D eigenvalue weighted by Crippen LogP contribution is -2.34. The number of anilines is 1. The zero-order valence-corrected chi connectivity index (χ0v) is 23.1. The largest absolute Gasteiger partial charge is 0.455 e. The molecule has 1 fully saturated rings. The van der Waals surface area contributed by atoms with E-state index in [1.54, 1.807) is 42.5 Å². The van der Waals surface area contributed by atoms with Crippen molar-refractivity contribution in [2.24, 2.45) is 0 Å². The number of hydrogen-bond acceptors (Lipinski definition) is 4. The minimum absolute atomic E-state index is 0.201. The van der Waals surface area contributed by atoms with Crippen LogP contribution in [0.1, 0.15) is 46.0 Å². The Balaban J connectivity index is 1.44. The van der Waals surface area contributed by atoms with E-state index in [9.17, 15) is 18.8 Å². The first-order chi connectivity index (χ1) is 20.3. The highest BCUT2D eigenvalue weighted by molar-refractivity contribution is 6.13. The van der Waals surface area contributed by atoms with Crippen molar-refractivity contribution in [3.63, 3.8) is 0 Å². The molecule has 0 aliphatic heterocycles. The van der Waals surface area contributed by atoms with E-state index in [1.807, 2.05) is 36.4 Å². The van der Waals surface area contributed by atoms with Gasteiger partial charge >= 0.3 is 0 Å². The summed E-state index contributed by atoms with van der Waals surface area (Å²) in [5.74, 6) is -1.01. The first-order valence-corrected chi connectivity index (χ1v) is 13.6. The van der Waals surface area contributed by atoms with E-state index in [-0.39, 0.29) is 34.6 Å². The molecule has 210 valence electrons. The molecule has 1 heterocycles. The Morgan fingerprint density at radius 1 is 0.833 bits per heavy atom. The van der Waals surface area contributed by atoms with Crippen molar-refractivity contribution in [1.29, 1.82) is 0 Å². The van der Waals surface area contributed by atoms with Crippen LogP contribution in [0.4, 0.5) is 10.1 Å². The number of carbonyl (C=O) groups is 3. The van der Waals surface area contributed by atoms with Crippen molar-refractivity contribution >= 4 is 34.4 Å². The Kier molecular flexibility index (Phi) is 6.82. The van der Waals surface area contributed by atoms with Crippen molar-refractivity contribution in [3.8, 4) is 22.5 Å². The Bertz CT molecular complexity index is 1840. The fraction of sp³-hybridized carbons (Fsp3) is 0.147. The highest BCUT2D eigenvalue weighted by Gasteiger charge is 2.45. The summed E-state index contributed by atoms with van der Waals surface area (Å²) in [6, 6.07) is 26.2. The standard InChI is InChI=1S/C34H28FN3O4/c1-20(39)37-28-19-29-27(30(33(41)36-2)31(42-29)21-11-13-25(35)14-12-21)18-26(28)22-7-6-8-23(17-22)32(40)38-34(15-16-34)24-9-4-3-5-10-24/h3-14,17-19H,15-16H2,1-2H3,(H,36,41)(H,37,39)(H,38,40). The Hall–Kier alpha value is -5.24. The maximum atomic E-state index is 13.6. The molecule has 8 heteroatoms. The van der Waals surface area contributed by atoms with Gasteiger partial charge in [-0.15, -0.1) is 0 Å². The Labute approximate surface area is 241 Å². The van der Waals surface area contributed by atoms with E-state index < -0.39 is 5.82 Å². The number of amides is 3. The molecule has 0 bridgehead atoms. The SMILES string of the molecule is CNC(=O)c1c(-c2ccc(F)cc2)oc2cc(NC(C)=O)c(-c3cccc(C(=O)NC4(c5ccccc5)CC4)c3)cc12. The van der Waals surface area contributed by atoms with Crippen LogP contribution in [0.15, 0.2) is 95.4 Å². The third kappa shape index (κ3) is 5.03. The molecule has 1 aliphatic rings. The number of halogens is 1. The van der Waals surface area contributed by atoms with Gasteiger partial charge in [-0.05, 0) is 66.4 Å². The molecule has 0 unspecified atom stereocenters. The van der Waals surface area contributed by atoms with Gasteiger partial charge in [0, 0.05) is 42.1 Å². The van der Waals surface area contributed by atoms with Crippen LogP contribution in [0.2, 0.25) is 0 Å². The van der Waals surface area contributed by atoms with Gasteiger partial charge < -0.3 is 20.4 Å². The van der Waals surface area contributed by atoms with Crippen LogP contribution in [0.3, 0.4) is 0 Å². The van der Waals surface area contributed by atoms with E-state index in [0.29, 0.717) is 38.9 Å². The molecule has 7 nitrogen and oxygen atoms in total. The maximum Gasteiger partial charge on any atom is 0.255 e. The highest BCUT2D eigenvalue weighted by Crippen LogP contribution is 2.46. The average molecular weight is 562 g/mol. The van der Waals surface area contributed by atoms with Crippen LogP contribution in [-0.2, 0) is 10.3 Å². The third-order valence-electron chi connectivity index (χ3n) is 7.56. The second kappa shape index (κ2) is 10.6. The summed E-state index contributed by atoms with van der Waals surface area (Å²) in [5.41, 5.74) is 4.08. The van der Waals surface area contributed by atoms with Crippen molar-refractivity contribution in [2.45, 2.75) is 25.3 Å². The van der Waals surface area contributed by atoms with Crippen LogP contribution in [-0.4, -0.2) is 24.8 Å². The molecule has 1 saturated carbocycles. The van der Waals surface area contributed by atoms with Crippen molar-refractivity contribution in [3.05, 3.63) is 114 Å². The monoisotopic (exact) mass is 561 g/mol. The van der Waals surface area contributed by atoms with Gasteiger partial charge in [0.15, 0.2) is 0 Å². The maximum absolute atomic E-state index is 13.6. The fourth-order valence-corrected chi connectivity index (χ4v) is 5.32. The van der Waals surface area contributed by atoms with E-state index >= 15 is 0 Å².